The molecule has 0 amide bonds. The van der Waals surface area contributed by atoms with Gasteiger partial charge in [-0.2, -0.15) is 5.26 Å². The number of rotatable bonds is 3. The van der Waals surface area contributed by atoms with Crippen molar-refractivity contribution >= 4 is 0 Å². The van der Waals surface area contributed by atoms with Gasteiger partial charge in [0.2, 0.25) is 0 Å². The lowest BCUT2D eigenvalue weighted by molar-refractivity contribution is 0.620. The molecule has 1 aromatic carbocycles. The highest BCUT2D eigenvalue weighted by Crippen LogP contribution is 2.33. The summed E-state index contributed by atoms with van der Waals surface area (Å²) in [6.07, 6.45) is 5.63. The van der Waals surface area contributed by atoms with E-state index < -0.39 is 5.82 Å². The standard InChI is InChI=1S/C14H12FN3O/c15-13-4-1-10(7-11(13)8-16)9-17-5-6-18(14(17)19)12-2-3-12/h1,4-7,12H,2-3,9H2. The average Bonchev–Trinajstić information content (AvgIpc) is 3.18. The van der Waals surface area contributed by atoms with Crippen LogP contribution in [0.1, 0.15) is 30.0 Å². The van der Waals surface area contributed by atoms with E-state index in [0.29, 0.717) is 12.6 Å². The molecule has 0 aliphatic heterocycles. The van der Waals surface area contributed by atoms with Crippen LogP contribution < -0.4 is 5.69 Å². The maximum absolute atomic E-state index is 13.2. The summed E-state index contributed by atoms with van der Waals surface area (Å²) in [5, 5.41) is 8.79. The first-order valence-corrected chi connectivity index (χ1v) is 6.15. The number of aromatic nitrogens is 2. The molecule has 0 saturated heterocycles. The second kappa shape index (κ2) is 4.39. The van der Waals surface area contributed by atoms with Gasteiger partial charge in [0.15, 0.2) is 0 Å². The SMILES string of the molecule is N#Cc1cc(Cn2ccn(C3CC3)c2=O)ccc1F. The fraction of sp³-hybridized carbons (Fsp3) is 0.286. The smallest absolute Gasteiger partial charge is 0.296 e. The summed E-state index contributed by atoms with van der Waals surface area (Å²) >= 11 is 0. The minimum atomic E-state index is -0.533. The van der Waals surface area contributed by atoms with Crippen molar-refractivity contribution in [3.63, 3.8) is 0 Å². The summed E-state index contributed by atoms with van der Waals surface area (Å²) in [7, 11) is 0. The van der Waals surface area contributed by atoms with E-state index in [0.717, 1.165) is 18.4 Å². The molecule has 1 aliphatic carbocycles. The van der Waals surface area contributed by atoms with Crippen LogP contribution in [0.3, 0.4) is 0 Å². The monoisotopic (exact) mass is 257 g/mol. The lowest BCUT2D eigenvalue weighted by atomic mass is 10.1. The Balaban J connectivity index is 1.89. The maximum Gasteiger partial charge on any atom is 0.328 e. The van der Waals surface area contributed by atoms with Gasteiger partial charge in [0.25, 0.3) is 0 Å². The molecule has 19 heavy (non-hydrogen) atoms. The Bertz CT molecular complexity index is 719. The molecule has 0 bridgehead atoms. The van der Waals surface area contributed by atoms with E-state index >= 15 is 0 Å². The quantitative estimate of drug-likeness (QED) is 0.845. The second-order valence-corrected chi connectivity index (χ2v) is 4.77. The zero-order chi connectivity index (χ0) is 13.4. The van der Waals surface area contributed by atoms with Crippen molar-refractivity contribution in [3.8, 4) is 6.07 Å². The zero-order valence-corrected chi connectivity index (χ0v) is 10.2. The molecule has 0 atom stereocenters. The number of imidazole rings is 1. The van der Waals surface area contributed by atoms with Crippen LogP contribution in [0, 0.1) is 17.1 Å². The first-order valence-electron chi connectivity index (χ1n) is 6.15. The predicted octanol–water partition coefficient (Wildman–Crippen LogP) is 2.04. The van der Waals surface area contributed by atoms with E-state index in [1.165, 1.54) is 12.1 Å². The molecule has 1 aliphatic rings. The molecule has 0 spiro atoms. The van der Waals surface area contributed by atoms with Crippen molar-refractivity contribution in [1.82, 2.24) is 9.13 Å². The lowest BCUT2D eigenvalue weighted by Crippen LogP contribution is -2.23. The normalized spacial score (nSPS) is 14.3. The fourth-order valence-corrected chi connectivity index (χ4v) is 2.13. The van der Waals surface area contributed by atoms with Gasteiger partial charge in [0.05, 0.1) is 12.1 Å². The van der Waals surface area contributed by atoms with E-state index in [-0.39, 0.29) is 11.3 Å². The maximum atomic E-state index is 13.2. The topological polar surface area (TPSA) is 50.7 Å². The number of hydrogen-bond donors (Lipinski definition) is 0. The van der Waals surface area contributed by atoms with Crippen molar-refractivity contribution in [2.75, 3.05) is 0 Å². The summed E-state index contributed by atoms with van der Waals surface area (Å²) in [5.74, 6) is -0.533. The van der Waals surface area contributed by atoms with E-state index in [9.17, 15) is 9.18 Å². The van der Waals surface area contributed by atoms with Crippen molar-refractivity contribution < 1.29 is 4.39 Å². The molecule has 0 N–H and O–H groups in total. The van der Waals surface area contributed by atoms with Crippen molar-refractivity contribution in [3.05, 3.63) is 58.0 Å². The molecule has 0 unspecified atom stereocenters. The average molecular weight is 257 g/mol. The van der Waals surface area contributed by atoms with E-state index in [4.69, 9.17) is 5.26 Å². The van der Waals surface area contributed by atoms with Crippen LogP contribution in [-0.2, 0) is 6.54 Å². The van der Waals surface area contributed by atoms with Crippen LogP contribution in [0.5, 0.6) is 0 Å². The Labute approximate surface area is 109 Å². The van der Waals surface area contributed by atoms with Crippen LogP contribution in [0.15, 0.2) is 35.4 Å². The molecule has 1 heterocycles. The summed E-state index contributed by atoms with van der Waals surface area (Å²) in [6.45, 7) is 0.355. The highest BCUT2D eigenvalue weighted by Gasteiger charge is 2.25. The van der Waals surface area contributed by atoms with E-state index in [1.807, 2.05) is 0 Å². The second-order valence-electron chi connectivity index (χ2n) is 4.77. The van der Waals surface area contributed by atoms with Gasteiger partial charge in [0, 0.05) is 18.4 Å². The number of hydrogen-bond acceptors (Lipinski definition) is 2. The fourth-order valence-electron chi connectivity index (χ4n) is 2.13. The van der Waals surface area contributed by atoms with Gasteiger partial charge in [0.1, 0.15) is 11.9 Å². The van der Waals surface area contributed by atoms with Crippen molar-refractivity contribution in [1.29, 1.82) is 5.26 Å². The first kappa shape index (κ1) is 11.7. The first-order chi connectivity index (χ1) is 9.19. The summed E-state index contributed by atoms with van der Waals surface area (Å²) in [6, 6.07) is 6.48. The Morgan fingerprint density at radius 1 is 1.37 bits per heavy atom. The summed E-state index contributed by atoms with van der Waals surface area (Å²) in [5.41, 5.74) is 0.700. The molecule has 2 aromatic rings. The van der Waals surface area contributed by atoms with Gasteiger partial charge in [-0.1, -0.05) is 6.07 Å². The molecule has 1 fully saturated rings. The Hall–Kier alpha value is -2.35. The largest absolute Gasteiger partial charge is 0.328 e. The van der Waals surface area contributed by atoms with Crippen LogP contribution in [-0.4, -0.2) is 9.13 Å². The van der Waals surface area contributed by atoms with Gasteiger partial charge in [-0.15, -0.1) is 0 Å². The minimum absolute atomic E-state index is 0.00664. The Morgan fingerprint density at radius 3 is 2.84 bits per heavy atom. The van der Waals surface area contributed by atoms with Crippen LogP contribution >= 0.6 is 0 Å². The molecule has 1 saturated carbocycles. The molecule has 1 aromatic heterocycles. The van der Waals surface area contributed by atoms with Gasteiger partial charge >= 0.3 is 5.69 Å². The summed E-state index contributed by atoms with van der Waals surface area (Å²) < 4.78 is 16.5. The molecule has 5 heteroatoms. The molecule has 4 nitrogen and oxygen atoms in total. The van der Waals surface area contributed by atoms with Gasteiger partial charge in [-0.3, -0.25) is 9.13 Å². The number of halogens is 1. The third-order valence-electron chi connectivity index (χ3n) is 3.32. The van der Waals surface area contributed by atoms with E-state index in [1.54, 1.807) is 33.7 Å². The van der Waals surface area contributed by atoms with Crippen LogP contribution in [0.25, 0.3) is 0 Å². The minimum Gasteiger partial charge on any atom is -0.296 e. The van der Waals surface area contributed by atoms with Crippen LogP contribution in [0.2, 0.25) is 0 Å². The molecule has 3 rings (SSSR count). The number of nitriles is 1. The number of benzene rings is 1. The predicted molar refractivity (Wildman–Crippen MR) is 67.2 cm³/mol. The lowest BCUT2D eigenvalue weighted by Gasteiger charge is -2.03. The van der Waals surface area contributed by atoms with Gasteiger partial charge in [-0.05, 0) is 30.5 Å². The van der Waals surface area contributed by atoms with Crippen molar-refractivity contribution in [2.45, 2.75) is 25.4 Å². The van der Waals surface area contributed by atoms with Crippen LogP contribution in [0.4, 0.5) is 4.39 Å². The third kappa shape index (κ3) is 2.17. The Morgan fingerprint density at radius 2 is 2.16 bits per heavy atom. The summed E-state index contributed by atoms with van der Waals surface area (Å²) in [4.78, 5) is 12.1. The highest BCUT2D eigenvalue weighted by molar-refractivity contribution is 5.34. The third-order valence-corrected chi connectivity index (χ3v) is 3.32. The van der Waals surface area contributed by atoms with Gasteiger partial charge < -0.3 is 0 Å². The zero-order valence-electron chi connectivity index (χ0n) is 10.2. The molecular formula is C14H12FN3O. The van der Waals surface area contributed by atoms with Gasteiger partial charge in [-0.25, -0.2) is 9.18 Å². The molecule has 0 radical (unpaired) electrons. The Kier molecular flexibility index (Phi) is 2.71. The highest BCUT2D eigenvalue weighted by atomic mass is 19.1. The number of nitrogens with zero attached hydrogens (tertiary/aromatic N) is 3. The van der Waals surface area contributed by atoms with Crippen molar-refractivity contribution in [2.24, 2.45) is 0 Å². The molecule has 96 valence electrons. The molecular weight excluding hydrogens is 245 g/mol. The van der Waals surface area contributed by atoms with E-state index in [2.05, 4.69) is 0 Å².